The molecule has 0 aliphatic rings. The molecule has 123 heavy (non-hydrogen) atoms. The number of allylic oxidation sites excluding steroid dienone is 34. The monoisotopic (exact) mass is 1750 g/mol. The van der Waals surface area contributed by atoms with E-state index in [0.717, 1.165) is 218 Å². The molecule has 0 spiro atoms. The highest BCUT2D eigenvalue weighted by Crippen LogP contribution is 2.45. The lowest BCUT2D eigenvalue weighted by atomic mass is 10.0. The fourth-order valence-electron chi connectivity index (χ4n) is 12.8. The van der Waals surface area contributed by atoms with Gasteiger partial charge in [0.1, 0.15) is 25.4 Å². The summed E-state index contributed by atoms with van der Waals surface area (Å²) in [6.45, 7) is 2.37. The van der Waals surface area contributed by atoms with Crippen molar-refractivity contribution in [3.05, 3.63) is 207 Å². The van der Waals surface area contributed by atoms with Crippen molar-refractivity contribution < 1.29 is 75.8 Å². The van der Waals surface area contributed by atoms with Crippen LogP contribution in [0.25, 0.3) is 0 Å². The average Bonchev–Trinajstić information content (AvgIpc) is 0.891. The maximum atomic E-state index is 13.1. The summed E-state index contributed by atoms with van der Waals surface area (Å²) in [5.74, 6) is -1.59. The number of aliphatic hydroxyl groups is 2. The van der Waals surface area contributed by atoms with Crippen molar-refractivity contribution in [2.45, 2.75) is 399 Å². The Bertz CT molecular complexity index is 3070. The molecule has 5 unspecified atom stereocenters. The molecule has 0 rings (SSSR count). The molecule has 0 aliphatic heterocycles. The van der Waals surface area contributed by atoms with Crippen LogP contribution in [0, 0.1) is 0 Å². The van der Waals surface area contributed by atoms with E-state index in [1.165, 1.54) is 103 Å². The Morgan fingerprint density at radius 1 is 0.228 bits per heavy atom. The van der Waals surface area contributed by atoms with E-state index < -0.39 is 91.5 Å². The highest BCUT2D eigenvalue weighted by atomic mass is 31.2. The standard InChI is InChI=1S/C105H174O16P2/c1-4-7-10-13-16-19-22-25-28-31-34-37-40-43-46-48-49-51-54-55-58-61-64-67-70-73-76-79-82-85-88-91-103(108)115-94-100(106)95-117-122(111,112)118-96-101(107)97-119-123(113,114)120-99-102(121-105(110)93-90-87-84-81-78-75-72-69-66-63-60-57-52-45-42-39-36-33-30-27-24-21-18-15-12-9-6-3)98-116-104(109)92-89-86-83-80-77-74-71-68-65-62-59-56-53-50-47-44-41-38-35-32-29-26-23-20-17-14-11-8-5-2/h7-12,16-21,25-30,34-39,43-47,49,51-52,60,63,100-102,106-107H,4-6,13-15,22-24,31-33,40-42,48,50,53-59,61-62,64-99H2,1-3H3,(H,111,112)(H,113,114)/b10-7-,11-8-,12-9-,19-16-,20-17-,21-18-,28-25-,29-26-,30-27-,37-34-,38-35-,39-36-,46-43-,47-44-,51-49-,52-45-,63-60-. The fourth-order valence-corrected chi connectivity index (χ4v) is 14.4. The minimum absolute atomic E-state index is 0.0877. The summed E-state index contributed by atoms with van der Waals surface area (Å²) in [5, 5.41) is 20.8. The van der Waals surface area contributed by atoms with Gasteiger partial charge >= 0.3 is 33.6 Å². The summed E-state index contributed by atoms with van der Waals surface area (Å²) in [6, 6.07) is 0. The van der Waals surface area contributed by atoms with Crippen molar-refractivity contribution in [1.82, 2.24) is 0 Å². The minimum Gasteiger partial charge on any atom is -0.463 e. The van der Waals surface area contributed by atoms with Crippen LogP contribution in [0.4, 0.5) is 0 Å². The van der Waals surface area contributed by atoms with Crippen LogP contribution >= 0.6 is 15.6 Å². The third-order valence-corrected chi connectivity index (χ3v) is 21.9. The normalized spacial score (nSPS) is 14.6. The number of ether oxygens (including phenoxy) is 3. The first-order valence-electron chi connectivity index (χ1n) is 48.4. The fraction of sp³-hybridized carbons (Fsp3) is 0.648. The molecule has 0 bridgehead atoms. The number of aliphatic hydroxyl groups excluding tert-OH is 2. The van der Waals surface area contributed by atoms with E-state index in [0.29, 0.717) is 19.3 Å². The number of esters is 3. The Morgan fingerprint density at radius 2 is 0.407 bits per heavy atom. The van der Waals surface area contributed by atoms with Crippen LogP contribution in [-0.2, 0) is 55.8 Å². The van der Waals surface area contributed by atoms with E-state index >= 15 is 0 Å². The summed E-state index contributed by atoms with van der Waals surface area (Å²) in [5.41, 5.74) is 0. The third kappa shape index (κ3) is 96.6. The van der Waals surface area contributed by atoms with Crippen LogP contribution in [0.5, 0.6) is 0 Å². The van der Waals surface area contributed by atoms with Crippen molar-refractivity contribution in [2.75, 3.05) is 39.6 Å². The van der Waals surface area contributed by atoms with Gasteiger partial charge in [0.15, 0.2) is 6.10 Å². The molecule has 0 aliphatic carbocycles. The quantitative estimate of drug-likeness (QED) is 0.0146. The first kappa shape index (κ1) is 117. The van der Waals surface area contributed by atoms with E-state index in [1.807, 2.05) is 0 Å². The smallest absolute Gasteiger partial charge is 0.463 e. The lowest BCUT2D eigenvalue weighted by molar-refractivity contribution is -0.161. The number of phosphoric acid groups is 2. The van der Waals surface area contributed by atoms with E-state index in [1.54, 1.807) is 0 Å². The molecule has 0 radical (unpaired) electrons. The van der Waals surface area contributed by atoms with Crippen LogP contribution in [0.15, 0.2) is 207 Å². The maximum absolute atomic E-state index is 13.1. The first-order valence-corrected chi connectivity index (χ1v) is 51.4. The Balaban J connectivity index is 4.67. The zero-order chi connectivity index (χ0) is 89.3. The molecule has 0 saturated heterocycles. The van der Waals surface area contributed by atoms with Crippen molar-refractivity contribution in [3.63, 3.8) is 0 Å². The van der Waals surface area contributed by atoms with Gasteiger partial charge < -0.3 is 34.2 Å². The molecule has 4 N–H and O–H groups in total. The first-order chi connectivity index (χ1) is 60.2. The third-order valence-electron chi connectivity index (χ3n) is 20.0. The van der Waals surface area contributed by atoms with Crippen molar-refractivity contribution in [1.29, 1.82) is 0 Å². The van der Waals surface area contributed by atoms with Crippen LogP contribution in [0.3, 0.4) is 0 Å². The van der Waals surface area contributed by atoms with Gasteiger partial charge in [0.25, 0.3) is 0 Å². The molecule has 0 aromatic heterocycles. The predicted molar refractivity (Wildman–Crippen MR) is 518 cm³/mol. The SMILES string of the molecule is CC/C=C\C/C=C\C/C=C\C/C=C\C/C=C\C/C=C\CCCCCCCCCCCCCCC(=O)OCC(O)COP(=O)(O)OCC(O)COP(=O)(O)OCC(COC(=O)CCCCCCCCCCCCCCC/C=C\C/C=C\C/C=C\C/C=C\C/C=C\CC)OC(=O)CCCCCCCCCC/C=C\C/C=C\C/C=C\C/C=C\C/C=C\C/C=C\CC. The van der Waals surface area contributed by atoms with Gasteiger partial charge in [-0.05, 0) is 167 Å². The van der Waals surface area contributed by atoms with Crippen LogP contribution in [0.2, 0.25) is 0 Å². The lowest BCUT2D eigenvalue weighted by Crippen LogP contribution is -2.30. The van der Waals surface area contributed by atoms with Crippen molar-refractivity contribution in [2.24, 2.45) is 0 Å². The highest BCUT2D eigenvalue weighted by Gasteiger charge is 2.30. The molecule has 16 nitrogen and oxygen atoms in total. The molecule has 700 valence electrons. The molecular formula is C105H174O16P2. The molecule has 0 heterocycles. The van der Waals surface area contributed by atoms with Gasteiger partial charge in [0.2, 0.25) is 0 Å². The number of rotatable bonds is 90. The minimum atomic E-state index is -4.95. The lowest BCUT2D eigenvalue weighted by Gasteiger charge is -2.21. The largest absolute Gasteiger partial charge is 0.472 e. The second-order valence-electron chi connectivity index (χ2n) is 31.7. The molecular weight excluding hydrogens is 1580 g/mol. The van der Waals surface area contributed by atoms with Gasteiger partial charge in [0.05, 0.1) is 26.4 Å². The molecule has 0 saturated carbocycles. The highest BCUT2D eigenvalue weighted by molar-refractivity contribution is 7.47. The van der Waals surface area contributed by atoms with Crippen LogP contribution in [-0.4, -0.2) is 95.9 Å². The Kier molecular flexibility index (Phi) is 90.7. The van der Waals surface area contributed by atoms with E-state index in [9.17, 15) is 43.5 Å². The van der Waals surface area contributed by atoms with Crippen LogP contribution < -0.4 is 0 Å². The maximum Gasteiger partial charge on any atom is 0.472 e. The summed E-state index contributed by atoms with van der Waals surface area (Å²) in [4.78, 5) is 59.1. The number of carbonyl (C=O) groups is 3. The second-order valence-corrected chi connectivity index (χ2v) is 34.6. The van der Waals surface area contributed by atoms with Gasteiger partial charge in [0, 0.05) is 19.3 Å². The number of phosphoric ester groups is 2. The van der Waals surface area contributed by atoms with Gasteiger partial charge in [-0.1, -0.05) is 401 Å². The molecule has 5 atom stereocenters. The van der Waals surface area contributed by atoms with Crippen LogP contribution in [0.1, 0.15) is 380 Å². The summed E-state index contributed by atoms with van der Waals surface area (Å²) in [6.07, 6.45) is 129. The number of hydrogen-bond donors (Lipinski definition) is 4. The average molecular weight is 1750 g/mol. The van der Waals surface area contributed by atoms with Crippen molar-refractivity contribution in [3.8, 4) is 0 Å². The van der Waals surface area contributed by atoms with Gasteiger partial charge in [-0.2, -0.15) is 0 Å². The summed E-state index contributed by atoms with van der Waals surface area (Å²) >= 11 is 0. The predicted octanol–water partition coefficient (Wildman–Crippen LogP) is 30.3. The molecule has 18 heteroatoms. The second kappa shape index (κ2) is 95.2. The molecule has 0 fully saturated rings. The molecule has 0 amide bonds. The zero-order valence-corrected chi connectivity index (χ0v) is 79.1. The Labute approximate surface area is 750 Å². The van der Waals surface area contributed by atoms with E-state index in [-0.39, 0.29) is 19.3 Å². The van der Waals surface area contributed by atoms with Gasteiger partial charge in [-0.3, -0.25) is 32.5 Å². The summed E-state index contributed by atoms with van der Waals surface area (Å²) < 4.78 is 61.6. The summed E-state index contributed by atoms with van der Waals surface area (Å²) in [7, 11) is -9.83. The number of hydrogen-bond acceptors (Lipinski definition) is 14. The topological polar surface area (TPSA) is 231 Å². The molecule has 0 aromatic carbocycles. The number of unbranched alkanes of at least 4 members (excludes halogenated alkanes) is 33. The Hall–Kier alpha value is -5.87. The van der Waals surface area contributed by atoms with Gasteiger partial charge in [-0.25, -0.2) is 9.13 Å². The number of carbonyl (C=O) groups excluding carboxylic acids is 3. The Morgan fingerprint density at radius 3 is 0.642 bits per heavy atom. The molecule has 0 aromatic rings. The zero-order valence-electron chi connectivity index (χ0n) is 77.3. The van der Waals surface area contributed by atoms with E-state index in [4.69, 9.17) is 32.3 Å². The van der Waals surface area contributed by atoms with Gasteiger partial charge in [-0.15, -0.1) is 0 Å². The van der Waals surface area contributed by atoms with E-state index in [2.05, 4.69) is 227 Å². The van der Waals surface area contributed by atoms with Crippen molar-refractivity contribution >= 4 is 33.6 Å².